The van der Waals surface area contributed by atoms with E-state index in [1.165, 1.54) is 0 Å². The fourth-order valence-corrected chi connectivity index (χ4v) is 1.33. The number of hydrogen-bond donors (Lipinski definition) is 1. The van der Waals surface area contributed by atoms with Gasteiger partial charge in [-0.1, -0.05) is 0 Å². The second-order valence-electron chi connectivity index (χ2n) is 2.51. The zero-order valence-corrected chi connectivity index (χ0v) is 6.92. The second-order valence-corrected chi connectivity index (χ2v) is 3.13. The maximum atomic E-state index is 5.83. The van der Waals surface area contributed by atoms with Gasteiger partial charge in [0, 0.05) is 11.4 Å². The van der Waals surface area contributed by atoms with Crippen LogP contribution in [0.3, 0.4) is 0 Å². The quantitative estimate of drug-likeness (QED) is 0.552. The third-order valence-corrected chi connectivity index (χ3v) is 2.14. The van der Waals surface area contributed by atoms with Gasteiger partial charge in [0.05, 0.1) is 0 Å². The van der Waals surface area contributed by atoms with Crippen LogP contribution >= 0.6 is 24.0 Å². The van der Waals surface area contributed by atoms with Gasteiger partial charge in [-0.25, -0.2) is 0 Å². The van der Waals surface area contributed by atoms with Gasteiger partial charge < -0.3 is 5.73 Å². The van der Waals surface area contributed by atoms with Crippen LogP contribution in [0.2, 0.25) is 0 Å². The Morgan fingerprint density at radius 1 is 1.11 bits per heavy atom. The fraction of sp³-hybridized carbons (Fsp3) is 1.00. The Balaban J connectivity index is 0.000000640. The van der Waals surface area contributed by atoms with Gasteiger partial charge in [0.2, 0.25) is 0 Å². The molecule has 1 nitrogen and oxygen atoms in total. The van der Waals surface area contributed by atoms with Crippen LogP contribution in [0.4, 0.5) is 0 Å². The molecule has 0 amide bonds. The van der Waals surface area contributed by atoms with Crippen molar-refractivity contribution >= 4 is 24.0 Å². The van der Waals surface area contributed by atoms with Crippen molar-refractivity contribution in [3.8, 4) is 0 Å². The van der Waals surface area contributed by atoms with Gasteiger partial charge in [0.1, 0.15) is 0 Å². The minimum atomic E-state index is 0. The fourth-order valence-electron chi connectivity index (χ4n) is 1.08. The van der Waals surface area contributed by atoms with Crippen LogP contribution in [0.25, 0.3) is 0 Å². The van der Waals surface area contributed by atoms with Crippen molar-refractivity contribution in [2.24, 2.45) is 5.73 Å². The van der Waals surface area contributed by atoms with Crippen LogP contribution < -0.4 is 5.73 Å². The van der Waals surface area contributed by atoms with Crippen LogP contribution in [-0.2, 0) is 0 Å². The third-order valence-electron chi connectivity index (χ3n) is 1.70. The van der Waals surface area contributed by atoms with Gasteiger partial charge in [-0.2, -0.15) is 0 Å². The summed E-state index contributed by atoms with van der Waals surface area (Å²) >= 11 is 5.83. The molecule has 0 aliphatic heterocycles. The molecule has 1 aliphatic rings. The normalized spacial score (nSPS) is 35.3. The minimum absolute atomic E-state index is 0. The molecular formula is C6H13Cl2N. The molecule has 1 rings (SSSR count). The van der Waals surface area contributed by atoms with E-state index in [1.807, 2.05) is 0 Å². The Hall–Kier alpha value is 0.540. The van der Waals surface area contributed by atoms with Crippen molar-refractivity contribution in [1.29, 1.82) is 0 Å². The summed E-state index contributed by atoms with van der Waals surface area (Å²) in [6.45, 7) is 0. The minimum Gasteiger partial charge on any atom is -0.328 e. The highest BCUT2D eigenvalue weighted by atomic mass is 35.5. The molecule has 0 aromatic rings. The lowest BCUT2D eigenvalue weighted by molar-refractivity contribution is 0.447. The maximum absolute atomic E-state index is 5.83. The molecule has 9 heavy (non-hydrogen) atoms. The average Bonchev–Trinajstić information content (AvgIpc) is 1.77. The zero-order chi connectivity index (χ0) is 5.98. The Bertz CT molecular complexity index is 59.5. The van der Waals surface area contributed by atoms with Crippen molar-refractivity contribution in [2.75, 3.05) is 0 Å². The first kappa shape index (κ1) is 9.54. The molecule has 56 valence electrons. The van der Waals surface area contributed by atoms with E-state index in [-0.39, 0.29) is 12.4 Å². The van der Waals surface area contributed by atoms with Crippen LogP contribution in [0.15, 0.2) is 0 Å². The van der Waals surface area contributed by atoms with E-state index in [4.69, 9.17) is 17.3 Å². The van der Waals surface area contributed by atoms with Gasteiger partial charge in [-0.3, -0.25) is 0 Å². The van der Waals surface area contributed by atoms with Gasteiger partial charge in [0.25, 0.3) is 0 Å². The molecular weight excluding hydrogens is 157 g/mol. The molecule has 0 saturated heterocycles. The average molecular weight is 170 g/mol. The van der Waals surface area contributed by atoms with Crippen LogP contribution in [0, 0.1) is 0 Å². The van der Waals surface area contributed by atoms with E-state index in [1.54, 1.807) is 0 Å². The summed E-state index contributed by atoms with van der Waals surface area (Å²) in [5, 5.41) is 0.412. The van der Waals surface area contributed by atoms with Gasteiger partial charge in [-0.05, 0) is 25.7 Å². The first-order valence-corrected chi connectivity index (χ1v) is 3.62. The van der Waals surface area contributed by atoms with E-state index in [0.717, 1.165) is 25.7 Å². The SMILES string of the molecule is Cl.NC1CCC(Cl)CC1. The van der Waals surface area contributed by atoms with Crippen LogP contribution in [0.1, 0.15) is 25.7 Å². The second kappa shape index (κ2) is 4.37. The largest absolute Gasteiger partial charge is 0.328 e. The van der Waals surface area contributed by atoms with Gasteiger partial charge in [-0.15, -0.1) is 24.0 Å². The molecule has 0 heterocycles. The molecule has 1 aliphatic carbocycles. The summed E-state index contributed by atoms with van der Waals surface area (Å²) in [6.07, 6.45) is 4.47. The number of alkyl halides is 1. The first-order valence-electron chi connectivity index (χ1n) is 3.18. The van der Waals surface area contributed by atoms with E-state index in [9.17, 15) is 0 Å². The van der Waals surface area contributed by atoms with Crippen LogP contribution in [-0.4, -0.2) is 11.4 Å². The molecule has 0 aromatic heterocycles. The molecule has 0 aromatic carbocycles. The summed E-state index contributed by atoms with van der Waals surface area (Å²) in [5.41, 5.74) is 5.64. The van der Waals surface area contributed by atoms with Crippen molar-refractivity contribution in [2.45, 2.75) is 37.1 Å². The van der Waals surface area contributed by atoms with E-state index in [0.29, 0.717) is 11.4 Å². The summed E-state index contributed by atoms with van der Waals surface area (Å²) in [5.74, 6) is 0. The topological polar surface area (TPSA) is 26.0 Å². The van der Waals surface area contributed by atoms with Crippen molar-refractivity contribution in [3.63, 3.8) is 0 Å². The predicted octanol–water partition coefficient (Wildman–Crippen LogP) is 1.92. The highest BCUT2D eigenvalue weighted by Gasteiger charge is 2.15. The van der Waals surface area contributed by atoms with E-state index < -0.39 is 0 Å². The Labute approximate surface area is 67.4 Å². The summed E-state index contributed by atoms with van der Waals surface area (Å²) < 4.78 is 0. The number of hydrogen-bond acceptors (Lipinski definition) is 1. The highest BCUT2D eigenvalue weighted by Crippen LogP contribution is 2.20. The van der Waals surface area contributed by atoms with Crippen LogP contribution in [0.5, 0.6) is 0 Å². The number of rotatable bonds is 0. The van der Waals surface area contributed by atoms with Crippen molar-refractivity contribution in [1.82, 2.24) is 0 Å². The van der Waals surface area contributed by atoms with Gasteiger partial charge >= 0.3 is 0 Å². The van der Waals surface area contributed by atoms with Crippen molar-refractivity contribution in [3.05, 3.63) is 0 Å². The lowest BCUT2D eigenvalue weighted by Gasteiger charge is -2.20. The lowest BCUT2D eigenvalue weighted by Crippen LogP contribution is -2.26. The first-order chi connectivity index (χ1) is 3.79. The summed E-state index contributed by atoms with van der Waals surface area (Å²) in [4.78, 5) is 0. The maximum Gasteiger partial charge on any atom is 0.0337 e. The number of halogens is 2. The number of nitrogens with two attached hydrogens (primary N) is 1. The molecule has 0 spiro atoms. The molecule has 0 unspecified atom stereocenters. The molecule has 0 atom stereocenters. The predicted molar refractivity (Wildman–Crippen MR) is 43.3 cm³/mol. The molecule has 1 saturated carbocycles. The Kier molecular flexibility index (Phi) is 4.63. The Morgan fingerprint density at radius 3 is 1.89 bits per heavy atom. The molecule has 1 fully saturated rings. The molecule has 0 radical (unpaired) electrons. The molecule has 3 heteroatoms. The van der Waals surface area contributed by atoms with E-state index >= 15 is 0 Å². The Morgan fingerprint density at radius 2 is 1.56 bits per heavy atom. The summed E-state index contributed by atoms with van der Waals surface area (Å²) in [6, 6.07) is 0.435. The van der Waals surface area contributed by atoms with Gasteiger partial charge in [0.15, 0.2) is 0 Å². The molecule has 2 N–H and O–H groups in total. The molecule has 0 bridgehead atoms. The zero-order valence-electron chi connectivity index (χ0n) is 5.35. The standard InChI is InChI=1S/C6H12ClN.ClH/c7-5-1-3-6(8)4-2-5;/h5-6H,1-4,8H2;1H. The summed E-state index contributed by atoms with van der Waals surface area (Å²) in [7, 11) is 0. The smallest absolute Gasteiger partial charge is 0.0337 e. The monoisotopic (exact) mass is 169 g/mol. The lowest BCUT2D eigenvalue weighted by atomic mass is 9.96. The van der Waals surface area contributed by atoms with Crippen molar-refractivity contribution < 1.29 is 0 Å². The third kappa shape index (κ3) is 3.29. The highest BCUT2D eigenvalue weighted by molar-refractivity contribution is 6.20. The van der Waals surface area contributed by atoms with E-state index in [2.05, 4.69) is 0 Å².